The van der Waals surface area contributed by atoms with Gasteiger partial charge < -0.3 is 31.0 Å². The maximum atomic E-state index is 13.1. The van der Waals surface area contributed by atoms with E-state index in [4.69, 9.17) is 0 Å². The largest absolute Gasteiger partial charge is 0.388 e. The van der Waals surface area contributed by atoms with E-state index in [-0.39, 0.29) is 43.0 Å². The monoisotopic (exact) mass is 480 g/mol. The molecule has 4 amide bonds. The number of aliphatic hydroxyl groups is 1. The Morgan fingerprint density at radius 2 is 1.91 bits per heavy atom. The molecule has 1 aromatic heterocycles. The molecule has 1 saturated heterocycles. The summed E-state index contributed by atoms with van der Waals surface area (Å²) in [4.78, 5) is 41.3. The number of amides is 4. The van der Waals surface area contributed by atoms with Crippen LogP contribution in [0.25, 0.3) is 0 Å². The molecular formula is C25H32N6O4. The summed E-state index contributed by atoms with van der Waals surface area (Å²) in [7, 11) is 0. The summed E-state index contributed by atoms with van der Waals surface area (Å²) in [6.45, 7) is 3.36. The lowest BCUT2D eigenvalue weighted by molar-refractivity contribution is -0.137. The predicted molar refractivity (Wildman–Crippen MR) is 130 cm³/mol. The van der Waals surface area contributed by atoms with Gasteiger partial charge in [-0.05, 0) is 44.2 Å². The van der Waals surface area contributed by atoms with Crippen LogP contribution in [0.1, 0.15) is 54.7 Å². The van der Waals surface area contributed by atoms with Gasteiger partial charge >= 0.3 is 6.03 Å². The van der Waals surface area contributed by atoms with Crippen LogP contribution in [0, 0.1) is 5.92 Å². The van der Waals surface area contributed by atoms with Crippen molar-refractivity contribution in [3.05, 3.63) is 53.9 Å². The Bertz CT molecular complexity index is 1100. The van der Waals surface area contributed by atoms with Gasteiger partial charge in [-0.1, -0.05) is 30.3 Å². The molecule has 0 bridgehead atoms. The minimum absolute atomic E-state index is 0.171. The van der Waals surface area contributed by atoms with Crippen LogP contribution in [0.15, 0.2) is 42.6 Å². The van der Waals surface area contributed by atoms with Gasteiger partial charge in [0.2, 0.25) is 5.91 Å². The summed E-state index contributed by atoms with van der Waals surface area (Å²) in [5, 5.41) is 16.8. The number of urea groups is 1. The Balaban J connectivity index is 1.16. The lowest BCUT2D eigenvalue weighted by atomic mass is 9.90. The van der Waals surface area contributed by atoms with Crippen molar-refractivity contribution in [2.45, 2.75) is 44.2 Å². The van der Waals surface area contributed by atoms with E-state index in [1.807, 2.05) is 42.2 Å². The van der Waals surface area contributed by atoms with Crippen LogP contribution in [-0.2, 0) is 4.79 Å². The molecule has 1 atom stereocenters. The summed E-state index contributed by atoms with van der Waals surface area (Å²) in [6, 6.07) is 10.7. The zero-order valence-corrected chi connectivity index (χ0v) is 19.9. The Hall–Kier alpha value is -3.53. The van der Waals surface area contributed by atoms with E-state index in [1.54, 1.807) is 21.8 Å². The molecular weight excluding hydrogens is 448 g/mol. The van der Waals surface area contributed by atoms with E-state index >= 15 is 0 Å². The topological polar surface area (TPSA) is 119 Å². The van der Waals surface area contributed by atoms with E-state index in [9.17, 15) is 19.5 Å². The van der Waals surface area contributed by atoms with E-state index in [1.165, 1.54) is 0 Å². The summed E-state index contributed by atoms with van der Waals surface area (Å²) in [5.74, 6) is 0.149. The van der Waals surface area contributed by atoms with Crippen molar-refractivity contribution in [3.63, 3.8) is 0 Å². The van der Waals surface area contributed by atoms with Crippen LogP contribution in [-0.4, -0.2) is 69.3 Å². The fourth-order valence-corrected chi connectivity index (χ4v) is 4.78. The van der Waals surface area contributed by atoms with Gasteiger partial charge in [0.15, 0.2) is 0 Å². The number of anilines is 1. The standard InChI is InChI=1S/C25H32N6O4/c1-17(18-5-3-2-4-6-18)27-24(34)28-20-13-21-23(33)30(16-26-31(21)14-20)15-25(35)9-11-29(12-10-25)22(32)19-7-8-19/h2-6,13-14,17,19,26,35H,7-12,15-16H2,1H3,(H2,27,28,34)/t17-/m1/s1. The molecule has 186 valence electrons. The van der Waals surface area contributed by atoms with Gasteiger partial charge in [0, 0.05) is 19.0 Å². The number of carbonyl (C=O) groups is 3. The third-order valence-electron chi connectivity index (χ3n) is 7.08. The third kappa shape index (κ3) is 5.12. The van der Waals surface area contributed by atoms with Gasteiger partial charge in [0.25, 0.3) is 5.91 Å². The fraction of sp³-hybridized carbons (Fsp3) is 0.480. The lowest BCUT2D eigenvalue weighted by Gasteiger charge is -2.42. The molecule has 1 saturated carbocycles. The first kappa shape index (κ1) is 23.2. The number of nitrogens with one attached hydrogen (secondary N) is 3. The Labute approximate surface area is 204 Å². The second-order valence-corrected chi connectivity index (χ2v) is 9.86. The summed E-state index contributed by atoms with van der Waals surface area (Å²) < 4.78 is 1.59. The number of hydrogen-bond donors (Lipinski definition) is 4. The number of hydrogen-bond acceptors (Lipinski definition) is 5. The maximum absolute atomic E-state index is 13.1. The zero-order valence-electron chi connectivity index (χ0n) is 19.9. The summed E-state index contributed by atoms with van der Waals surface area (Å²) in [6.07, 6.45) is 4.50. The Morgan fingerprint density at radius 3 is 2.60 bits per heavy atom. The lowest BCUT2D eigenvalue weighted by Crippen LogP contribution is -2.56. The molecule has 35 heavy (non-hydrogen) atoms. The van der Waals surface area contributed by atoms with Crippen LogP contribution < -0.4 is 16.1 Å². The number of fused-ring (bicyclic) bond motifs is 1. The average molecular weight is 481 g/mol. The number of likely N-dealkylation sites (tertiary alicyclic amines) is 1. The van der Waals surface area contributed by atoms with Gasteiger partial charge in [-0.2, -0.15) is 0 Å². The highest BCUT2D eigenvalue weighted by atomic mass is 16.3. The highest BCUT2D eigenvalue weighted by Crippen LogP contribution is 2.33. The second kappa shape index (κ2) is 9.26. The number of rotatable bonds is 6. The molecule has 4 N–H and O–H groups in total. The van der Waals surface area contributed by atoms with Crippen LogP contribution in [0.5, 0.6) is 0 Å². The number of nitrogens with zero attached hydrogens (tertiary/aromatic N) is 3. The summed E-state index contributed by atoms with van der Waals surface area (Å²) in [5.41, 5.74) is 3.97. The molecule has 3 heterocycles. The molecule has 3 aliphatic rings. The molecule has 0 spiro atoms. The molecule has 0 unspecified atom stereocenters. The van der Waals surface area contributed by atoms with Gasteiger partial charge in [-0.15, -0.1) is 0 Å². The van der Waals surface area contributed by atoms with Crippen LogP contribution in [0.3, 0.4) is 0 Å². The molecule has 1 aliphatic carbocycles. The molecule has 0 radical (unpaired) electrons. The average Bonchev–Trinajstić information content (AvgIpc) is 3.62. The minimum atomic E-state index is -1.03. The molecule has 10 heteroatoms. The van der Waals surface area contributed by atoms with Crippen molar-refractivity contribution >= 4 is 23.5 Å². The van der Waals surface area contributed by atoms with Gasteiger partial charge in [-0.25, -0.2) is 4.79 Å². The van der Waals surface area contributed by atoms with E-state index in [0.717, 1.165) is 18.4 Å². The van der Waals surface area contributed by atoms with Crippen LogP contribution in [0.2, 0.25) is 0 Å². The highest BCUT2D eigenvalue weighted by molar-refractivity contribution is 5.97. The van der Waals surface area contributed by atoms with Crippen molar-refractivity contribution in [3.8, 4) is 0 Å². The quantitative estimate of drug-likeness (QED) is 0.505. The Morgan fingerprint density at radius 1 is 1.20 bits per heavy atom. The molecule has 1 aromatic carbocycles. The van der Waals surface area contributed by atoms with Gasteiger partial charge in [0.05, 0.1) is 30.1 Å². The molecule has 5 rings (SSSR count). The first-order chi connectivity index (χ1) is 16.8. The molecule has 10 nitrogen and oxygen atoms in total. The zero-order chi connectivity index (χ0) is 24.6. The van der Waals surface area contributed by atoms with Crippen molar-refractivity contribution < 1.29 is 19.5 Å². The predicted octanol–water partition coefficient (Wildman–Crippen LogP) is 2.09. The fourth-order valence-electron chi connectivity index (χ4n) is 4.78. The number of β-amino-alcohol motifs (C(OH)–C–C–N with tert-alkyl or cyclic N) is 1. The van der Waals surface area contributed by atoms with Crippen LogP contribution in [0.4, 0.5) is 10.5 Å². The Kier molecular flexibility index (Phi) is 6.14. The van der Waals surface area contributed by atoms with Crippen LogP contribution >= 0.6 is 0 Å². The highest BCUT2D eigenvalue weighted by Gasteiger charge is 2.41. The second-order valence-electron chi connectivity index (χ2n) is 9.86. The third-order valence-corrected chi connectivity index (χ3v) is 7.08. The van der Waals surface area contributed by atoms with Gasteiger partial charge in [0.1, 0.15) is 12.4 Å². The number of carbonyl (C=O) groups excluding carboxylic acids is 3. The summed E-state index contributed by atoms with van der Waals surface area (Å²) >= 11 is 0. The normalized spacial score (nSPS) is 20.0. The van der Waals surface area contributed by atoms with E-state index in [0.29, 0.717) is 37.3 Å². The van der Waals surface area contributed by atoms with Crippen molar-refractivity contribution in [1.82, 2.24) is 19.8 Å². The van der Waals surface area contributed by atoms with E-state index in [2.05, 4.69) is 16.1 Å². The number of aromatic nitrogens is 1. The number of benzene rings is 1. The van der Waals surface area contributed by atoms with E-state index < -0.39 is 5.60 Å². The van der Waals surface area contributed by atoms with Crippen molar-refractivity contribution in [2.75, 3.05) is 37.0 Å². The maximum Gasteiger partial charge on any atom is 0.319 e. The minimum Gasteiger partial charge on any atom is -0.388 e. The first-order valence-electron chi connectivity index (χ1n) is 12.2. The van der Waals surface area contributed by atoms with Crippen molar-refractivity contribution in [2.24, 2.45) is 5.92 Å². The smallest absolute Gasteiger partial charge is 0.319 e. The van der Waals surface area contributed by atoms with Gasteiger partial charge in [-0.3, -0.25) is 14.3 Å². The first-order valence-corrected chi connectivity index (χ1v) is 12.2. The molecule has 2 aliphatic heterocycles. The van der Waals surface area contributed by atoms with Crippen molar-refractivity contribution in [1.29, 1.82) is 0 Å². The number of piperidine rings is 1. The molecule has 2 aromatic rings. The molecule has 2 fully saturated rings. The SMILES string of the molecule is C[C@@H](NC(=O)Nc1cc2n(c1)NCN(CC1(O)CCN(C(=O)C3CC3)CC1)C2=O)c1ccccc1.